The first-order valence-corrected chi connectivity index (χ1v) is 8.84. The molecule has 0 radical (unpaired) electrons. The predicted molar refractivity (Wildman–Crippen MR) is 99.5 cm³/mol. The van der Waals surface area contributed by atoms with Crippen LogP contribution in [0.5, 0.6) is 11.5 Å². The van der Waals surface area contributed by atoms with Crippen LogP contribution in [0.2, 0.25) is 0 Å². The molecular weight excluding hydrogens is 318 g/mol. The number of ether oxygens (including phenoxy) is 2. The summed E-state index contributed by atoms with van der Waals surface area (Å²) in [6, 6.07) is 5.86. The van der Waals surface area contributed by atoms with E-state index in [-0.39, 0.29) is 11.6 Å². The van der Waals surface area contributed by atoms with E-state index < -0.39 is 0 Å². The Morgan fingerprint density at radius 2 is 1.72 bits per heavy atom. The number of carbonyl (C=O) groups excluding carboxylic acids is 1. The standard InChI is InChI=1S/C19H31N3O3/c1-19(2,3)22-12-10-21(11-13-22)18(23)20-9-8-15-6-7-16(24-4)17(14-15)25-5/h6-7,14H,8-13H2,1-5H3,(H,20,23). The number of piperazine rings is 1. The molecule has 1 aromatic rings. The fourth-order valence-electron chi connectivity index (χ4n) is 3.04. The van der Waals surface area contributed by atoms with Crippen LogP contribution in [0.4, 0.5) is 4.79 Å². The van der Waals surface area contributed by atoms with Crippen molar-refractivity contribution in [3.8, 4) is 11.5 Å². The van der Waals surface area contributed by atoms with Gasteiger partial charge in [-0.2, -0.15) is 0 Å². The van der Waals surface area contributed by atoms with Gasteiger partial charge in [0.1, 0.15) is 0 Å². The van der Waals surface area contributed by atoms with Crippen LogP contribution in [0.1, 0.15) is 26.3 Å². The lowest BCUT2D eigenvalue weighted by atomic mass is 10.1. The molecular formula is C19H31N3O3. The average Bonchev–Trinajstić information content (AvgIpc) is 2.60. The molecule has 0 atom stereocenters. The summed E-state index contributed by atoms with van der Waals surface area (Å²) in [6.45, 7) is 10.6. The van der Waals surface area contributed by atoms with Gasteiger partial charge in [0, 0.05) is 38.3 Å². The maximum absolute atomic E-state index is 12.3. The number of urea groups is 1. The van der Waals surface area contributed by atoms with Gasteiger partial charge in [-0.3, -0.25) is 4.90 Å². The highest BCUT2D eigenvalue weighted by Crippen LogP contribution is 2.27. The van der Waals surface area contributed by atoms with Crippen LogP contribution in [0.25, 0.3) is 0 Å². The molecule has 1 fully saturated rings. The molecule has 0 unspecified atom stereocenters. The SMILES string of the molecule is COc1ccc(CCNC(=O)N2CCN(C(C)(C)C)CC2)cc1OC. The molecule has 25 heavy (non-hydrogen) atoms. The maximum Gasteiger partial charge on any atom is 0.317 e. The third-order valence-corrected chi connectivity index (χ3v) is 4.65. The summed E-state index contributed by atoms with van der Waals surface area (Å²) in [5, 5.41) is 3.02. The van der Waals surface area contributed by atoms with Crippen molar-refractivity contribution < 1.29 is 14.3 Å². The lowest BCUT2D eigenvalue weighted by molar-refractivity contribution is 0.0744. The van der Waals surface area contributed by atoms with E-state index in [1.165, 1.54) is 0 Å². The second-order valence-corrected chi connectivity index (χ2v) is 7.32. The number of amides is 2. The van der Waals surface area contributed by atoms with Crippen LogP contribution in [-0.2, 0) is 6.42 Å². The highest BCUT2D eigenvalue weighted by molar-refractivity contribution is 5.74. The normalized spacial score (nSPS) is 15.8. The summed E-state index contributed by atoms with van der Waals surface area (Å²) in [5.41, 5.74) is 1.27. The van der Waals surface area contributed by atoms with Gasteiger partial charge in [0.05, 0.1) is 14.2 Å². The molecule has 1 N–H and O–H groups in total. The van der Waals surface area contributed by atoms with Gasteiger partial charge in [-0.15, -0.1) is 0 Å². The number of nitrogens with one attached hydrogen (secondary N) is 1. The molecule has 1 aliphatic heterocycles. The third-order valence-electron chi connectivity index (χ3n) is 4.65. The van der Waals surface area contributed by atoms with E-state index in [0.717, 1.165) is 38.2 Å². The van der Waals surface area contributed by atoms with E-state index in [2.05, 4.69) is 31.0 Å². The van der Waals surface area contributed by atoms with Crippen LogP contribution >= 0.6 is 0 Å². The highest BCUT2D eigenvalue weighted by atomic mass is 16.5. The number of hydrogen-bond acceptors (Lipinski definition) is 4. The second kappa shape index (κ2) is 8.43. The molecule has 0 saturated carbocycles. The van der Waals surface area contributed by atoms with E-state index in [0.29, 0.717) is 18.0 Å². The van der Waals surface area contributed by atoms with Crippen molar-refractivity contribution in [1.82, 2.24) is 15.1 Å². The van der Waals surface area contributed by atoms with Crippen molar-refractivity contribution >= 4 is 6.03 Å². The summed E-state index contributed by atoms with van der Waals surface area (Å²) >= 11 is 0. The fraction of sp³-hybridized carbons (Fsp3) is 0.632. The Morgan fingerprint density at radius 1 is 1.08 bits per heavy atom. The maximum atomic E-state index is 12.3. The topological polar surface area (TPSA) is 54.0 Å². The minimum atomic E-state index is 0.0223. The Labute approximate surface area is 151 Å². The van der Waals surface area contributed by atoms with Gasteiger partial charge in [0.25, 0.3) is 0 Å². The molecule has 6 nitrogen and oxygen atoms in total. The van der Waals surface area contributed by atoms with Crippen LogP contribution < -0.4 is 14.8 Å². The van der Waals surface area contributed by atoms with Crippen molar-refractivity contribution in [2.24, 2.45) is 0 Å². The highest BCUT2D eigenvalue weighted by Gasteiger charge is 2.27. The predicted octanol–water partition coefficient (Wildman–Crippen LogP) is 2.37. The van der Waals surface area contributed by atoms with Crippen molar-refractivity contribution in [2.45, 2.75) is 32.7 Å². The average molecular weight is 349 g/mol. The molecule has 6 heteroatoms. The second-order valence-electron chi connectivity index (χ2n) is 7.32. The quantitative estimate of drug-likeness (QED) is 0.887. The smallest absolute Gasteiger partial charge is 0.317 e. The molecule has 2 amide bonds. The van der Waals surface area contributed by atoms with Gasteiger partial charge in [0.15, 0.2) is 11.5 Å². The lowest BCUT2D eigenvalue weighted by Gasteiger charge is -2.42. The number of methoxy groups -OCH3 is 2. The Balaban J connectivity index is 1.78. The summed E-state index contributed by atoms with van der Waals surface area (Å²) in [7, 11) is 3.25. The van der Waals surface area contributed by atoms with Crippen molar-refractivity contribution in [1.29, 1.82) is 0 Å². The molecule has 0 bridgehead atoms. The Kier molecular flexibility index (Phi) is 6.53. The van der Waals surface area contributed by atoms with E-state index in [1.54, 1.807) is 14.2 Å². The van der Waals surface area contributed by atoms with Gasteiger partial charge < -0.3 is 19.7 Å². The van der Waals surface area contributed by atoms with E-state index in [9.17, 15) is 4.79 Å². The minimum Gasteiger partial charge on any atom is -0.493 e. The summed E-state index contributed by atoms with van der Waals surface area (Å²) in [5.74, 6) is 1.43. The molecule has 1 aliphatic rings. The van der Waals surface area contributed by atoms with Gasteiger partial charge in [-0.25, -0.2) is 4.79 Å². The van der Waals surface area contributed by atoms with Gasteiger partial charge in [-0.05, 0) is 44.9 Å². The monoisotopic (exact) mass is 349 g/mol. The van der Waals surface area contributed by atoms with Gasteiger partial charge in [-0.1, -0.05) is 6.07 Å². The van der Waals surface area contributed by atoms with Crippen LogP contribution in [0, 0.1) is 0 Å². The molecule has 0 aliphatic carbocycles. The molecule has 2 rings (SSSR count). The van der Waals surface area contributed by atoms with E-state index in [4.69, 9.17) is 9.47 Å². The molecule has 0 spiro atoms. The van der Waals surface area contributed by atoms with Crippen molar-refractivity contribution in [2.75, 3.05) is 46.9 Å². The largest absolute Gasteiger partial charge is 0.493 e. The van der Waals surface area contributed by atoms with Gasteiger partial charge in [0.2, 0.25) is 0 Å². The minimum absolute atomic E-state index is 0.0223. The molecule has 0 aromatic heterocycles. The number of nitrogens with zero attached hydrogens (tertiary/aromatic N) is 2. The fourth-order valence-corrected chi connectivity index (χ4v) is 3.04. The lowest BCUT2D eigenvalue weighted by Crippen LogP contribution is -2.56. The zero-order valence-corrected chi connectivity index (χ0v) is 16.1. The Bertz CT molecular complexity index is 576. The Hall–Kier alpha value is -1.95. The van der Waals surface area contributed by atoms with Crippen molar-refractivity contribution in [3.05, 3.63) is 23.8 Å². The first-order chi connectivity index (χ1) is 11.8. The zero-order chi connectivity index (χ0) is 18.4. The summed E-state index contributed by atoms with van der Waals surface area (Å²) < 4.78 is 10.6. The third kappa shape index (κ3) is 5.26. The molecule has 1 heterocycles. The number of benzene rings is 1. The molecule has 140 valence electrons. The van der Waals surface area contributed by atoms with Crippen LogP contribution in [0.3, 0.4) is 0 Å². The number of carbonyl (C=O) groups is 1. The Morgan fingerprint density at radius 3 is 2.28 bits per heavy atom. The molecule has 1 saturated heterocycles. The van der Waals surface area contributed by atoms with Gasteiger partial charge >= 0.3 is 6.03 Å². The van der Waals surface area contributed by atoms with Crippen LogP contribution in [-0.4, -0.2) is 68.3 Å². The first-order valence-electron chi connectivity index (χ1n) is 8.84. The first kappa shape index (κ1) is 19.4. The zero-order valence-electron chi connectivity index (χ0n) is 16.1. The summed E-state index contributed by atoms with van der Waals surface area (Å²) in [6.07, 6.45) is 0.758. The summed E-state index contributed by atoms with van der Waals surface area (Å²) in [4.78, 5) is 16.6. The number of rotatable bonds is 5. The number of hydrogen-bond donors (Lipinski definition) is 1. The molecule has 1 aromatic carbocycles. The van der Waals surface area contributed by atoms with E-state index in [1.807, 2.05) is 23.1 Å². The van der Waals surface area contributed by atoms with Crippen molar-refractivity contribution in [3.63, 3.8) is 0 Å². The van der Waals surface area contributed by atoms with Crippen LogP contribution in [0.15, 0.2) is 18.2 Å². The van der Waals surface area contributed by atoms with E-state index >= 15 is 0 Å².